The molecule has 0 saturated carbocycles. The van der Waals surface area contributed by atoms with Crippen LogP contribution in [0.2, 0.25) is 0 Å². The number of rotatable bonds is 2. The summed E-state index contributed by atoms with van der Waals surface area (Å²) >= 11 is 0.222. The zero-order valence-electron chi connectivity index (χ0n) is 11.5. The van der Waals surface area contributed by atoms with Crippen molar-refractivity contribution >= 4 is 19.4 Å². The summed E-state index contributed by atoms with van der Waals surface area (Å²) in [6.45, 7) is 0. The maximum absolute atomic E-state index is 3.29. The number of benzene rings is 3. The van der Waals surface area contributed by atoms with Gasteiger partial charge in [0.2, 0.25) is 0 Å². The van der Waals surface area contributed by atoms with E-state index in [-0.39, 0.29) is 15.0 Å². The number of hydrogen-bond acceptors (Lipinski definition) is 0. The first kappa shape index (κ1) is 13.7. The summed E-state index contributed by atoms with van der Waals surface area (Å²) in [4.78, 5) is 3.29. The Morgan fingerprint density at radius 2 is 1.14 bits per heavy atom. The molecule has 0 radical (unpaired) electrons. The van der Waals surface area contributed by atoms with Gasteiger partial charge in [0.25, 0.3) is 0 Å². The summed E-state index contributed by atoms with van der Waals surface area (Å²) in [7, 11) is 0. The van der Waals surface area contributed by atoms with Crippen molar-refractivity contribution in [1.82, 2.24) is 0 Å². The molecule has 0 saturated heterocycles. The second-order valence-electron chi connectivity index (χ2n) is 4.59. The second kappa shape index (κ2) is 6.95. The summed E-state index contributed by atoms with van der Waals surface area (Å²) in [5, 5.41) is 0. The predicted molar refractivity (Wildman–Crippen MR) is 90.6 cm³/mol. The first-order valence-corrected chi connectivity index (χ1v) is 8.51. The van der Waals surface area contributed by atoms with Gasteiger partial charge in [0.1, 0.15) is 0 Å². The quantitative estimate of drug-likeness (QED) is 0.496. The Balaban J connectivity index is 1.71. The fourth-order valence-electron chi connectivity index (χ4n) is 2.01. The van der Waals surface area contributed by atoms with Gasteiger partial charge in [-0.15, -0.1) is 0 Å². The third-order valence-electron chi connectivity index (χ3n) is 3.10. The summed E-state index contributed by atoms with van der Waals surface area (Å²) in [5.41, 5.74) is 3.55. The zero-order valence-corrected chi connectivity index (χ0v) is 13.2. The van der Waals surface area contributed by atoms with E-state index in [0.717, 1.165) is 5.56 Å². The molecule has 3 aromatic carbocycles. The molecule has 21 heavy (non-hydrogen) atoms. The average Bonchev–Trinajstić information content (AvgIpc) is 2.57. The molecular weight excluding hydrogens is 319 g/mol. The first-order chi connectivity index (χ1) is 10.4. The van der Waals surface area contributed by atoms with Crippen molar-refractivity contribution in [2.45, 2.75) is 0 Å². The average molecular weight is 333 g/mol. The van der Waals surface area contributed by atoms with E-state index in [2.05, 4.69) is 83.5 Å². The molecule has 0 atom stereocenters. The molecular formula is C20H14Se. The van der Waals surface area contributed by atoms with Gasteiger partial charge in [0.15, 0.2) is 0 Å². The topological polar surface area (TPSA) is 0 Å². The standard InChI is InChI=1S/C20H14Se/c1-3-7-18(8-4-1)19-13-11-17(12-14-19)15-16-21-20-9-5-2-6-10-20/h1-14H. The van der Waals surface area contributed by atoms with Crippen LogP contribution in [-0.4, -0.2) is 15.0 Å². The van der Waals surface area contributed by atoms with Crippen LogP contribution in [0.4, 0.5) is 0 Å². The normalized spacial score (nSPS) is 9.71. The Hall–Kier alpha value is -2.26. The van der Waals surface area contributed by atoms with E-state index in [0.29, 0.717) is 0 Å². The van der Waals surface area contributed by atoms with Crippen LogP contribution in [0, 0.1) is 10.7 Å². The molecule has 3 aromatic rings. The SMILES string of the molecule is C(#Cc1ccc(-c2ccccc2)cc1)[Se]c1ccccc1. The van der Waals surface area contributed by atoms with Crippen LogP contribution >= 0.6 is 0 Å². The third kappa shape index (κ3) is 3.86. The molecule has 0 aromatic heterocycles. The van der Waals surface area contributed by atoms with Crippen molar-refractivity contribution in [1.29, 1.82) is 0 Å². The van der Waals surface area contributed by atoms with Crippen LogP contribution < -0.4 is 4.46 Å². The van der Waals surface area contributed by atoms with Crippen molar-refractivity contribution in [3.8, 4) is 21.9 Å². The Morgan fingerprint density at radius 3 is 1.81 bits per heavy atom. The minimum atomic E-state index is 0.222. The van der Waals surface area contributed by atoms with Gasteiger partial charge in [-0.05, 0) is 0 Å². The minimum absolute atomic E-state index is 0.222. The maximum atomic E-state index is 3.29. The molecule has 100 valence electrons. The van der Waals surface area contributed by atoms with E-state index in [4.69, 9.17) is 0 Å². The molecule has 0 aliphatic rings. The Kier molecular flexibility index (Phi) is 4.54. The molecule has 0 amide bonds. The van der Waals surface area contributed by atoms with E-state index < -0.39 is 0 Å². The van der Waals surface area contributed by atoms with Crippen molar-refractivity contribution in [2.75, 3.05) is 0 Å². The molecule has 0 aliphatic heterocycles. The van der Waals surface area contributed by atoms with E-state index in [1.165, 1.54) is 15.6 Å². The van der Waals surface area contributed by atoms with Crippen molar-refractivity contribution < 1.29 is 0 Å². The molecule has 3 rings (SSSR count). The van der Waals surface area contributed by atoms with Crippen molar-refractivity contribution in [2.24, 2.45) is 0 Å². The van der Waals surface area contributed by atoms with E-state index >= 15 is 0 Å². The molecule has 0 aliphatic carbocycles. The second-order valence-corrected chi connectivity index (χ2v) is 6.43. The van der Waals surface area contributed by atoms with Crippen LogP contribution in [0.15, 0.2) is 84.9 Å². The monoisotopic (exact) mass is 334 g/mol. The Labute approximate surface area is 132 Å². The van der Waals surface area contributed by atoms with E-state index in [1.807, 2.05) is 12.1 Å². The molecule has 0 fully saturated rings. The first-order valence-electron chi connectivity index (χ1n) is 6.80. The van der Waals surface area contributed by atoms with Gasteiger partial charge in [-0.1, -0.05) is 0 Å². The molecule has 0 heterocycles. The van der Waals surface area contributed by atoms with Crippen LogP contribution in [0.25, 0.3) is 11.1 Å². The Bertz CT molecular complexity index is 748. The van der Waals surface area contributed by atoms with Crippen molar-refractivity contribution in [3.05, 3.63) is 90.5 Å². The molecule has 0 spiro atoms. The zero-order chi connectivity index (χ0) is 14.3. The van der Waals surface area contributed by atoms with Gasteiger partial charge >= 0.3 is 132 Å². The van der Waals surface area contributed by atoms with Gasteiger partial charge in [-0.25, -0.2) is 0 Å². The van der Waals surface area contributed by atoms with Crippen molar-refractivity contribution in [3.63, 3.8) is 0 Å². The van der Waals surface area contributed by atoms with Crippen LogP contribution in [0.5, 0.6) is 0 Å². The summed E-state index contributed by atoms with van der Waals surface area (Å²) in [5.74, 6) is 3.25. The third-order valence-corrected chi connectivity index (χ3v) is 4.59. The van der Waals surface area contributed by atoms with Crippen LogP contribution in [-0.2, 0) is 0 Å². The molecule has 0 bridgehead atoms. The van der Waals surface area contributed by atoms with Gasteiger partial charge in [-0.2, -0.15) is 0 Å². The molecule has 0 unspecified atom stereocenters. The summed E-state index contributed by atoms with van der Waals surface area (Å²) in [6, 6.07) is 29.3. The molecule has 0 nitrogen and oxygen atoms in total. The van der Waals surface area contributed by atoms with Crippen LogP contribution in [0.1, 0.15) is 5.56 Å². The molecule has 0 N–H and O–H groups in total. The van der Waals surface area contributed by atoms with Crippen LogP contribution in [0.3, 0.4) is 0 Å². The molecule has 1 heteroatoms. The van der Waals surface area contributed by atoms with Gasteiger partial charge in [-0.3, -0.25) is 0 Å². The number of hydrogen-bond donors (Lipinski definition) is 0. The van der Waals surface area contributed by atoms with E-state index in [9.17, 15) is 0 Å². The van der Waals surface area contributed by atoms with Gasteiger partial charge < -0.3 is 0 Å². The van der Waals surface area contributed by atoms with Gasteiger partial charge in [0.05, 0.1) is 0 Å². The fraction of sp³-hybridized carbons (Fsp3) is 0. The predicted octanol–water partition coefficient (Wildman–Crippen LogP) is 3.69. The van der Waals surface area contributed by atoms with Gasteiger partial charge in [0, 0.05) is 0 Å². The van der Waals surface area contributed by atoms with E-state index in [1.54, 1.807) is 0 Å². The summed E-state index contributed by atoms with van der Waals surface area (Å²) < 4.78 is 1.32. The Morgan fingerprint density at radius 1 is 0.571 bits per heavy atom. The fourth-order valence-corrected chi connectivity index (χ4v) is 3.23. The summed E-state index contributed by atoms with van der Waals surface area (Å²) in [6.07, 6.45) is 0.